The second kappa shape index (κ2) is 8.06. The molecule has 2 unspecified atom stereocenters. The van der Waals surface area contributed by atoms with E-state index in [-0.39, 0.29) is 6.42 Å². The molecule has 5 N–H and O–H groups in total. The van der Waals surface area contributed by atoms with Gasteiger partial charge in [0.2, 0.25) is 0 Å². The Bertz CT molecular complexity index is 233. The summed E-state index contributed by atoms with van der Waals surface area (Å²) in [5.74, 6) is -1.76. The topological polar surface area (TPSA) is 116 Å². The monoisotopic (exact) mass is 232 g/mol. The molecule has 0 amide bonds. The molecule has 0 radical (unpaired) electrons. The molecule has 0 aliphatic rings. The molecule has 6 heteroatoms. The summed E-state index contributed by atoms with van der Waals surface area (Å²) in [6.07, 6.45) is 2.70. The van der Waals surface area contributed by atoms with Crippen LogP contribution in [0.4, 0.5) is 0 Å². The predicted molar refractivity (Wildman–Crippen MR) is 58.7 cm³/mol. The molecule has 0 fully saturated rings. The summed E-state index contributed by atoms with van der Waals surface area (Å²) < 4.78 is 4.87. The quantitative estimate of drug-likeness (QED) is 0.396. The van der Waals surface area contributed by atoms with Crippen molar-refractivity contribution in [3.63, 3.8) is 0 Å². The lowest BCUT2D eigenvalue weighted by Gasteiger charge is -2.13. The summed E-state index contributed by atoms with van der Waals surface area (Å²) in [6, 6.07) is -2.09. The molecule has 16 heavy (non-hydrogen) atoms. The van der Waals surface area contributed by atoms with Crippen LogP contribution in [-0.2, 0) is 14.3 Å². The number of carboxylic acid groups (broad SMARTS) is 1. The molecule has 94 valence electrons. The molecule has 0 heterocycles. The van der Waals surface area contributed by atoms with E-state index in [9.17, 15) is 9.59 Å². The van der Waals surface area contributed by atoms with Gasteiger partial charge < -0.3 is 21.3 Å². The zero-order chi connectivity index (χ0) is 12.6. The molecule has 0 bridgehead atoms. The number of carboxylic acids is 1. The third-order valence-corrected chi connectivity index (χ3v) is 2.12. The summed E-state index contributed by atoms with van der Waals surface area (Å²) in [7, 11) is 0. The first-order valence-corrected chi connectivity index (χ1v) is 5.39. The van der Waals surface area contributed by atoms with Crippen molar-refractivity contribution < 1.29 is 19.4 Å². The largest absolute Gasteiger partial charge is 0.480 e. The van der Waals surface area contributed by atoms with E-state index in [1.807, 2.05) is 6.92 Å². The fraction of sp³-hybridized carbons (Fsp3) is 0.800. The average Bonchev–Trinajstić information content (AvgIpc) is 2.23. The molecule has 0 aromatic rings. The lowest BCUT2D eigenvalue weighted by Crippen LogP contribution is -2.42. The standard InChI is InChI=1S/C10H20N2O4/c1-2-3-4-5-16-10(15)8(12)6-7(11)9(13)14/h7-8H,2-6,11-12H2,1H3,(H,13,14). The van der Waals surface area contributed by atoms with Crippen molar-refractivity contribution in [3.05, 3.63) is 0 Å². The highest BCUT2D eigenvalue weighted by atomic mass is 16.5. The van der Waals surface area contributed by atoms with Crippen LogP contribution in [0, 0.1) is 0 Å². The van der Waals surface area contributed by atoms with Gasteiger partial charge in [-0.3, -0.25) is 9.59 Å². The van der Waals surface area contributed by atoms with Crippen molar-refractivity contribution in [1.82, 2.24) is 0 Å². The van der Waals surface area contributed by atoms with Crippen molar-refractivity contribution in [2.24, 2.45) is 11.5 Å². The molecule has 0 saturated heterocycles. The molecule has 0 aliphatic carbocycles. The fourth-order valence-corrected chi connectivity index (χ4v) is 1.10. The number of hydrogen-bond donors (Lipinski definition) is 3. The summed E-state index contributed by atoms with van der Waals surface area (Å²) >= 11 is 0. The number of ether oxygens (including phenoxy) is 1. The second-order valence-corrected chi connectivity index (χ2v) is 3.66. The second-order valence-electron chi connectivity index (χ2n) is 3.66. The number of rotatable bonds is 8. The first-order chi connectivity index (χ1) is 7.49. The Balaban J connectivity index is 3.77. The molecule has 0 aliphatic heterocycles. The minimum absolute atomic E-state index is 0.109. The summed E-state index contributed by atoms with van der Waals surface area (Å²) in [4.78, 5) is 21.7. The van der Waals surface area contributed by atoms with Gasteiger partial charge in [0.1, 0.15) is 12.1 Å². The average molecular weight is 232 g/mol. The number of nitrogens with two attached hydrogens (primary N) is 2. The maximum absolute atomic E-state index is 11.3. The van der Waals surface area contributed by atoms with Gasteiger partial charge in [0.05, 0.1) is 6.61 Å². The van der Waals surface area contributed by atoms with E-state index in [0.29, 0.717) is 6.61 Å². The van der Waals surface area contributed by atoms with Gasteiger partial charge in [-0.1, -0.05) is 19.8 Å². The van der Waals surface area contributed by atoms with Crippen LogP contribution < -0.4 is 11.5 Å². The molecule has 0 aromatic heterocycles. The minimum atomic E-state index is -1.17. The van der Waals surface area contributed by atoms with Crippen LogP contribution in [0.25, 0.3) is 0 Å². The van der Waals surface area contributed by atoms with Crippen LogP contribution in [0.3, 0.4) is 0 Å². The van der Waals surface area contributed by atoms with Crippen LogP contribution in [0.15, 0.2) is 0 Å². The minimum Gasteiger partial charge on any atom is -0.480 e. The lowest BCUT2D eigenvalue weighted by atomic mass is 10.1. The summed E-state index contributed by atoms with van der Waals surface area (Å²) in [6.45, 7) is 2.36. The zero-order valence-corrected chi connectivity index (χ0v) is 9.52. The van der Waals surface area contributed by atoms with Crippen LogP contribution in [-0.4, -0.2) is 35.7 Å². The van der Waals surface area contributed by atoms with Gasteiger partial charge in [0.15, 0.2) is 0 Å². The Morgan fingerprint density at radius 3 is 2.38 bits per heavy atom. The molecular weight excluding hydrogens is 212 g/mol. The molecule has 0 spiro atoms. The van der Waals surface area contributed by atoms with Gasteiger partial charge in [0.25, 0.3) is 0 Å². The molecule has 2 atom stereocenters. The van der Waals surface area contributed by atoms with Gasteiger partial charge in [-0.2, -0.15) is 0 Å². The zero-order valence-electron chi connectivity index (χ0n) is 9.52. The summed E-state index contributed by atoms with van der Waals surface area (Å²) in [5.41, 5.74) is 10.7. The summed E-state index contributed by atoms with van der Waals surface area (Å²) in [5, 5.41) is 8.53. The van der Waals surface area contributed by atoms with Crippen molar-refractivity contribution in [1.29, 1.82) is 0 Å². The third kappa shape index (κ3) is 6.36. The van der Waals surface area contributed by atoms with E-state index >= 15 is 0 Å². The van der Waals surface area contributed by atoms with E-state index in [4.69, 9.17) is 21.3 Å². The number of carbonyl (C=O) groups excluding carboxylic acids is 1. The maximum Gasteiger partial charge on any atom is 0.322 e. The predicted octanol–water partition coefficient (Wildman–Crippen LogP) is -0.151. The maximum atomic E-state index is 11.3. The lowest BCUT2D eigenvalue weighted by molar-refractivity contribution is -0.146. The SMILES string of the molecule is CCCCCOC(=O)C(N)CC(N)C(=O)O. The number of esters is 1. The number of carbonyl (C=O) groups is 2. The van der Waals surface area contributed by atoms with Crippen LogP contribution in [0.5, 0.6) is 0 Å². The Kier molecular flexibility index (Phi) is 7.49. The number of hydrogen-bond acceptors (Lipinski definition) is 5. The van der Waals surface area contributed by atoms with Crippen molar-refractivity contribution in [2.45, 2.75) is 44.7 Å². The first kappa shape index (κ1) is 14.9. The van der Waals surface area contributed by atoms with Crippen LogP contribution in [0.2, 0.25) is 0 Å². The Morgan fingerprint density at radius 2 is 1.88 bits per heavy atom. The van der Waals surface area contributed by atoms with Gasteiger partial charge in [0, 0.05) is 0 Å². The van der Waals surface area contributed by atoms with Crippen molar-refractivity contribution in [2.75, 3.05) is 6.61 Å². The highest BCUT2D eigenvalue weighted by Gasteiger charge is 2.22. The van der Waals surface area contributed by atoms with E-state index in [2.05, 4.69) is 0 Å². The fourth-order valence-electron chi connectivity index (χ4n) is 1.10. The smallest absolute Gasteiger partial charge is 0.322 e. The highest BCUT2D eigenvalue weighted by Crippen LogP contribution is 1.99. The van der Waals surface area contributed by atoms with E-state index < -0.39 is 24.0 Å². The highest BCUT2D eigenvalue weighted by molar-refractivity contribution is 5.78. The van der Waals surface area contributed by atoms with Crippen LogP contribution >= 0.6 is 0 Å². The molecule has 0 rings (SSSR count). The number of aliphatic carboxylic acids is 1. The molecule has 0 saturated carbocycles. The van der Waals surface area contributed by atoms with E-state index in [0.717, 1.165) is 19.3 Å². The molecular formula is C10H20N2O4. The third-order valence-electron chi connectivity index (χ3n) is 2.12. The van der Waals surface area contributed by atoms with Crippen LogP contribution in [0.1, 0.15) is 32.6 Å². The Hall–Kier alpha value is -1.14. The van der Waals surface area contributed by atoms with E-state index in [1.165, 1.54) is 0 Å². The van der Waals surface area contributed by atoms with E-state index in [1.54, 1.807) is 0 Å². The van der Waals surface area contributed by atoms with Gasteiger partial charge in [-0.05, 0) is 12.8 Å². The van der Waals surface area contributed by atoms with Crippen molar-refractivity contribution in [3.8, 4) is 0 Å². The first-order valence-electron chi connectivity index (χ1n) is 5.39. The Labute approximate surface area is 94.9 Å². The molecule has 6 nitrogen and oxygen atoms in total. The van der Waals surface area contributed by atoms with Crippen molar-refractivity contribution >= 4 is 11.9 Å². The number of unbranched alkanes of at least 4 members (excludes halogenated alkanes) is 2. The van der Waals surface area contributed by atoms with Gasteiger partial charge >= 0.3 is 11.9 Å². The normalized spacial score (nSPS) is 14.2. The van der Waals surface area contributed by atoms with Gasteiger partial charge in [-0.15, -0.1) is 0 Å². The van der Waals surface area contributed by atoms with Gasteiger partial charge in [-0.25, -0.2) is 0 Å². The molecule has 0 aromatic carbocycles. The Morgan fingerprint density at radius 1 is 1.25 bits per heavy atom.